The number of aliphatic imine (C=N–C) groups is 1. The van der Waals surface area contributed by atoms with Crippen LogP contribution in [0.1, 0.15) is 26.2 Å². The van der Waals surface area contributed by atoms with E-state index in [0.717, 1.165) is 69.6 Å². The van der Waals surface area contributed by atoms with Gasteiger partial charge >= 0.3 is 0 Å². The molecule has 2 fully saturated rings. The molecule has 1 unspecified atom stereocenters. The van der Waals surface area contributed by atoms with Crippen LogP contribution in [-0.2, 0) is 4.74 Å². The van der Waals surface area contributed by atoms with Gasteiger partial charge in [0.25, 0.3) is 0 Å². The Kier molecular flexibility index (Phi) is 7.56. The monoisotopic (exact) mass is 410 g/mol. The molecule has 0 radical (unpaired) electrons. The summed E-state index contributed by atoms with van der Waals surface area (Å²) in [4.78, 5) is 7.32. The summed E-state index contributed by atoms with van der Waals surface area (Å²) >= 11 is 8.08. The van der Waals surface area contributed by atoms with Crippen molar-refractivity contribution in [2.75, 3.05) is 50.5 Å². The molecule has 0 bridgehead atoms. The number of thioether (sulfide) groups is 1. The number of nitrogens with zero attached hydrogens (tertiary/aromatic N) is 2. The van der Waals surface area contributed by atoms with Crippen LogP contribution >= 0.6 is 23.4 Å². The zero-order valence-corrected chi connectivity index (χ0v) is 17.9. The third-order valence-electron chi connectivity index (χ3n) is 5.41. The lowest BCUT2D eigenvalue weighted by atomic mass is 9.99. The van der Waals surface area contributed by atoms with E-state index in [9.17, 15) is 0 Å². The Balaban J connectivity index is 1.59. The lowest BCUT2D eigenvalue weighted by molar-refractivity contribution is 0.0794. The molecule has 2 aliphatic heterocycles. The normalized spacial score (nSPS) is 22.7. The first kappa shape index (κ1) is 20.6. The molecule has 1 atom stereocenters. The number of hydrogen-bond donors (Lipinski definition) is 2. The van der Waals surface area contributed by atoms with E-state index >= 15 is 0 Å². The highest BCUT2D eigenvalue weighted by atomic mass is 35.5. The van der Waals surface area contributed by atoms with Crippen LogP contribution in [0.2, 0.25) is 5.02 Å². The number of nitrogens with one attached hydrogen (secondary N) is 2. The second kappa shape index (κ2) is 9.89. The van der Waals surface area contributed by atoms with Crippen molar-refractivity contribution in [1.82, 2.24) is 10.6 Å². The van der Waals surface area contributed by atoms with E-state index in [4.69, 9.17) is 21.3 Å². The lowest BCUT2D eigenvalue weighted by Gasteiger charge is -2.34. The Bertz CT molecular complexity index is 636. The maximum atomic E-state index is 6.14. The van der Waals surface area contributed by atoms with Crippen LogP contribution in [0.4, 0.5) is 5.69 Å². The zero-order chi connectivity index (χ0) is 19.1. The summed E-state index contributed by atoms with van der Waals surface area (Å²) < 4.78 is 5.75. The molecule has 7 heteroatoms. The van der Waals surface area contributed by atoms with Gasteiger partial charge in [-0.3, -0.25) is 4.99 Å². The molecule has 1 aromatic carbocycles. The lowest BCUT2D eigenvalue weighted by Crippen LogP contribution is -2.46. The van der Waals surface area contributed by atoms with E-state index in [2.05, 4.69) is 34.8 Å². The summed E-state index contributed by atoms with van der Waals surface area (Å²) in [6.07, 6.45) is 5.44. The van der Waals surface area contributed by atoms with Gasteiger partial charge in [-0.2, -0.15) is 11.8 Å². The Morgan fingerprint density at radius 3 is 2.93 bits per heavy atom. The van der Waals surface area contributed by atoms with Crippen molar-refractivity contribution in [1.29, 1.82) is 0 Å². The number of rotatable bonds is 6. The van der Waals surface area contributed by atoms with Crippen LogP contribution in [0, 0.1) is 0 Å². The van der Waals surface area contributed by atoms with Gasteiger partial charge in [-0.25, -0.2) is 0 Å². The fraction of sp³-hybridized carbons (Fsp3) is 0.650. The van der Waals surface area contributed by atoms with Crippen LogP contribution in [0.25, 0.3) is 0 Å². The summed E-state index contributed by atoms with van der Waals surface area (Å²) in [7, 11) is 0. The molecular formula is C20H31ClN4OS. The van der Waals surface area contributed by atoms with Crippen molar-refractivity contribution in [2.45, 2.75) is 37.0 Å². The number of anilines is 1. The second-order valence-corrected chi connectivity index (χ2v) is 8.96. The van der Waals surface area contributed by atoms with Crippen LogP contribution in [0.5, 0.6) is 0 Å². The molecule has 2 N–H and O–H groups in total. The fourth-order valence-corrected chi connectivity index (χ4v) is 4.65. The third kappa shape index (κ3) is 5.69. The van der Waals surface area contributed by atoms with Gasteiger partial charge in [0.05, 0.1) is 6.54 Å². The molecule has 2 aliphatic rings. The minimum Gasteiger partial charge on any atom is -0.381 e. The maximum Gasteiger partial charge on any atom is 0.191 e. The van der Waals surface area contributed by atoms with Gasteiger partial charge in [-0.1, -0.05) is 17.7 Å². The van der Waals surface area contributed by atoms with Crippen molar-refractivity contribution in [3.63, 3.8) is 0 Å². The molecule has 3 rings (SSSR count). The van der Waals surface area contributed by atoms with Gasteiger partial charge in [0.2, 0.25) is 0 Å². The van der Waals surface area contributed by atoms with Crippen molar-refractivity contribution >= 4 is 35.0 Å². The first-order valence-corrected chi connectivity index (χ1v) is 11.4. The molecule has 2 saturated heterocycles. The maximum absolute atomic E-state index is 6.14. The highest BCUT2D eigenvalue weighted by molar-refractivity contribution is 8.00. The zero-order valence-electron chi connectivity index (χ0n) is 16.3. The van der Waals surface area contributed by atoms with Crippen molar-refractivity contribution in [3.8, 4) is 0 Å². The largest absolute Gasteiger partial charge is 0.381 e. The minimum absolute atomic E-state index is 0.211. The number of guanidine groups is 1. The summed E-state index contributed by atoms with van der Waals surface area (Å²) in [5.41, 5.74) is 1.19. The van der Waals surface area contributed by atoms with Gasteiger partial charge in [0.15, 0.2) is 5.96 Å². The van der Waals surface area contributed by atoms with E-state index in [1.807, 2.05) is 30.0 Å². The summed E-state index contributed by atoms with van der Waals surface area (Å²) in [5, 5.41) is 7.84. The van der Waals surface area contributed by atoms with E-state index in [1.54, 1.807) is 0 Å². The molecule has 0 saturated carbocycles. The highest BCUT2D eigenvalue weighted by Gasteiger charge is 2.32. The van der Waals surface area contributed by atoms with Crippen molar-refractivity contribution < 1.29 is 4.74 Å². The van der Waals surface area contributed by atoms with Gasteiger partial charge in [-0.05, 0) is 50.6 Å². The predicted octanol–water partition coefficient (Wildman–Crippen LogP) is 3.39. The quantitative estimate of drug-likeness (QED) is 0.556. The molecule has 150 valence electrons. The van der Waals surface area contributed by atoms with Gasteiger partial charge in [0, 0.05) is 54.3 Å². The molecule has 27 heavy (non-hydrogen) atoms. The summed E-state index contributed by atoms with van der Waals surface area (Å²) in [6.45, 7) is 7.50. The second-order valence-electron chi connectivity index (χ2n) is 7.25. The molecular weight excluding hydrogens is 380 g/mol. The van der Waals surface area contributed by atoms with Crippen LogP contribution in [-0.4, -0.2) is 62.4 Å². The van der Waals surface area contributed by atoms with Gasteiger partial charge in [0.1, 0.15) is 0 Å². The van der Waals surface area contributed by atoms with Crippen LogP contribution in [0.3, 0.4) is 0 Å². The molecule has 0 aliphatic carbocycles. The first-order valence-electron chi connectivity index (χ1n) is 9.82. The van der Waals surface area contributed by atoms with Crippen molar-refractivity contribution in [3.05, 3.63) is 29.3 Å². The van der Waals surface area contributed by atoms with Crippen LogP contribution in [0.15, 0.2) is 29.3 Å². The topological polar surface area (TPSA) is 48.9 Å². The summed E-state index contributed by atoms with van der Waals surface area (Å²) in [6, 6.07) is 8.49. The van der Waals surface area contributed by atoms with Gasteiger partial charge in [-0.15, -0.1) is 0 Å². The SMILES string of the molecule is CCNC(=NCC1(SC)CCOCC1)NC1CCN(c2cccc(Cl)c2)C1. The molecule has 0 spiro atoms. The molecule has 2 heterocycles. The minimum atomic E-state index is 0.211. The molecule has 1 aromatic rings. The highest BCUT2D eigenvalue weighted by Crippen LogP contribution is 2.34. The third-order valence-corrected chi connectivity index (χ3v) is 7.05. The Morgan fingerprint density at radius 1 is 1.41 bits per heavy atom. The first-order chi connectivity index (χ1) is 13.1. The number of ether oxygens (including phenoxy) is 1. The van der Waals surface area contributed by atoms with Crippen molar-refractivity contribution in [2.24, 2.45) is 4.99 Å². The predicted molar refractivity (Wildman–Crippen MR) is 117 cm³/mol. The Hall–Kier alpha value is -1.11. The molecule has 0 amide bonds. The average Bonchev–Trinajstić information content (AvgIpc) is 3.16. The average molecular weight is 411 g/mol. The Labute approximate surface area is 172 Å². The van der Waals surface area contributed by atoms with Crippen LogP contribution < -0.4 is 15.5 Å². The van der Waals surface area contributed by atoms with Gasteiger partial charge < -0.3 is 20.3 Å². The van der Waals surface area contributed by atoms with E-state index in [0.29, 0.717) is 6.04 Å². The van der Waals surface area contributed by atoms with E-state index in [1.165, 1.54) is 5.69 Å². The number of benzene rings is 1. The number of halogens is 1. The number of hydrogen-bond acceptors (Lipinski definition) is 4. The smallest absolute Gasteiger partial charge is 0.191 e. The molecule has 0 aromatic heterocycles. The van der Waals surface area contributed by atoms with E-state index < -0.39 is 0 Å². The fourth-order valence-electron chi connectivity index (χ4n) is 3.69. The molecule has 5 nitrogen and oxygen atoms in total. The van der Waals surface area contributed by atoms with E-state index in [-0.39, 0.29) is 4.75 Å². The summed E-state index contributed by atoms with van der Waals surface area (Å²) in [5.74, 6) is 0.926. The Morgan fingerprint density at radius 2 is 2.22 bits per heavy atom. The standard InChI is InChI=1S/C20H31ClN4OS/c1-3-22-19(23-15-20(27-2)8-11-26-12-9-20)24-17-7-10-25(14-17)18-6-4-5-16(21)13-18/h4-6,13,17H,3,7-12,14-15H2,1-2H3,(H2,22,23,24).